The molecule has 0 aliphatic rings. The fourth-order valence-corrected chi connectivity index (χ4v) is 2.11. The molecule has 0 saturated heterocycles. The van der Waals surface area contributed by atoms with Crippen molar-refractivity contribution in [2.24, 2.45) is 0 Å². The summed E-state index contributed by atoms with van der Waals surface area (Å²) in [6.07, 6.45) is 3.83. The molecule has 0 spiro atoms. The van der Waals surface area contributed by atoms with E-state index in [1.165, 1.54) is 0 Å². The van der Waals surface area contributed by atoms with Gasteiger partial charge >= 0.3 is 6.09 Å². The monoisotopic (exact) mass is 344 g/mol. The van der Waals surface area contributed by atoms with Crippen LogP contribution in [0.1, 0.15) is 33.6 Å². The Morgan fingerprint density at radius 3 is 2.52 bits per heavy atom. The van der Waals surface area contributed by atoms with E-state index in [2.05, 4.69) is 20.6 Å². The Hall–Kier alpha value is -2.83. The van der Waals surface area contributed by atoms with Crippen LogP contribution in [0.3, 0.4) is 0 Å². The maximum Gasteiger partial charge on any atom is 0.407 e. The summed E-state index contributed by atoms with van der Waals surface area (Å²) < 4.78 is 5.12. The zero-order valence-electron chi connectivity index (χ0n) is 14.8. The van der Waals surface area contributed by atoms with Gasteiger partial charge in [-0.2, -0.15) is 0 Å². The van der Waals surface area contributed by atoms with Gasteiger partial charge in [0.1, 0.15) is 11.4 Å². The lowest BCUT2D eigenvalue weighted by Gasteiger charge is -2.19. The molecule has 25 heavy (non-hydrogen) atoms. The maximum absolute atomic E-state index is 11.9. The summed E-state index contributed by atoms with van der Waals surface area (Å²) in [4.78, 5) is 30.6. The third-order valence-corrected chi connectivity index (χ3v) is 3.19. The van der Waals surface area contributed by atoms with Crippen molar-refractivity contribution in [1.29, 1.82) is 0 Å². The molecular weight excluding hydrogens is 320 g/mol. The van der Waals surface area contributed by atoms with Crippen molar-refractivity contribution in [2.75, 3.05) is 11.9 Å². The van der Waals surface area contributed by atoms with E-state index < -0.39 is 11.7 Å². The van der Waals surface area contributed by atoms with Gasteiger partial charge in [-0.15, -0.1) is 0 Å². The van der Waals surface area contributed by atoms with Crippen molar-refractivity contribution in [3.63, 3.8) is 0 Å². The van der Waals surface area contributed by atoms with Gasteiger partial charge in [-0.25, -0.2) is 9.78 Å². The first-order valence-corrected chi connectivity index (χ1v) is 8.20. The predicted molar refractivity (Wildman–Crippen MR) is 96.1 cm³/mol. The molecule has 0 bridgehead atoms. The van der Waals surface area contributed by atoms with Crippen LogP contribution in [-0.2, 0) is 9.53 Å². The van der Waals surface area contributed by atoms with Crippen LogP contribution in [0.2, 0.25) is 0 Å². The number of amides is 2. The third-order valence-electron chi connectivity index (χ3n) is 3.19. The van der Waals surface area contributed by atoms with Gasteiger partial charge < -0.3 is 20.4 Å². The molecule has 1 aromatic carbocycles. The lowest BCUT2D eigenvalue weighted by atomic mass is 10.2. The van der Waals surface area contributed by atoms with Gasteiger partial charge in [-0.05, 0) is 51.5 Å². The number of hydrogen-bond donors (Lipinski definition) is 3. The topological polar surface area (TPSA) is 96.1 Å². The first-order valence-electron chi connectivity index (χ1n) is 8.20. The number of nitrogens with zero attached hydrogens (tertiary/aromatic N) is 1. The van der Waals surface area contributed by atoms with Crippen LogP contribution in [0.4, 0.5) is 10.5 Å². The van der Waals surface area contributed by atoms with Crippen molar-refractivity contribution in [3.8, 4) is 11.4 Å². The summed E-state index contributed by atoms with van der Waals surface area (Å²) in [5.74, 6) is 0.683. The number of nitrogens with one attached hydrogen (secondary N) is 3. The first-order chi connectivity index (χ1) is 11.8. The van der Waals surface area contributed by atoms with Gasteiger partial charge in [0, 0.05) is 36.6 Å². The lowest BCUT2D eigenvalue weighted by molar-refractivity contribution is -0.116. The van der Waals surface area contributed by atoms with E-state index in [0.717, 1.165) is 17.1 Å². The van der Waals surface area contributed by atoms with Crippen molar-refractivity contribution in [1.82, 2.24) is 15.3 Å². The molecule has 0 saturated carbocycles. The Balaban J connectivity index is 1.69. The SMILES string of the molecule is CC(C)(C)OC(=O)NCCCC(=O)Nc1ccc(-c2ncc[nH]2)cc1. The number of benzene rings is 1. The second-order valence-corrected chi connectivity index (χ2v) is 6.60. The summed E-state index contributed by atoms with van der Waals surface area (Å²) in [5, 5.41) is 5.46. The second-order valence-electron chi connectivity index (χ2n) is 6.60. The molecular formula is C18H24N4O3. The van der Waals surface area contributed by atoms with E-state index in [9.17, 15) is 9.59 Å². The van der Waals surface area contributed by atoms with E-state index in [1.807, 2.05) is 24.3 Å². The normalized spacial score (nSPS) is 11.0. The number of carbonyl (C=O) groups excluding carboxylic acids is 2. The number of carbonyl (C=O) groups is 2. The van der Waals surface area contributed by atoms with E-state index in [4.69, 9.17) is 4.74 Å². The highest BCUT2D eigenvalue weighted by atomic mass is 16.6. The summed E-state index contributed by atoms with van der Waals surface area (Å²) in [6.45, 7) is 5.80. The molecule has 1 heterocycles. The Bertz CT molecular complexity index is 688. The second kappa shape index (κ2) is 8.32. The number of aromatic amines is 1. The number of alkyl carbamates (subject to hydrolysis) is 1. The number of rotatable bonds is 6. The number of hydrogen-bond acceptors (Lipinski definition) is 4. The van der Waals surface area contributed by atoms with Gasteiger partial charge in [0.2, 0.25) is 5.91 Å². The molecule has 0 aliphatic heterocycles. The fourth-order valence-electron chi connectivity index (χ4n) is 2.11. The lowest BCUT2D eigenvalue weighted by Crippen LogP contribution is -2.33. The molecule has 2 amide bonds. The number of anilines is 1. The van der Waals surface area contributed by atoms with Crippen LogP contribution in [0.25, 0.3) is 11.4 Å². The highest BCUT2D eigenvalue weighted by Gasteiger charge is 2.15. The minimum absolute atomic E-state index is 0.100. The summed E-state index contributed by atoms with van der Waals surface area (Å²) in [6, 6.07) is 7.43. The van der Waals surface area contributed by atoms with Crippen LogP contribution < -0.4 is 10.6 Å². The molecule has 2 aromatic rings. The van der Waals surface area contributed by atoms with Crippen molar-refractivity contribution in [2.45, 2.75) is 39.2 Å². The Morgan fingerprint density at radius 1 is 1.20 bits per heavy atom. The smallest absolute Gasteiger partial charge is 0.407 e. The van der Waals surface area contributed by atoms with Gasteiger partial charge in [-0.3, -0.25) is 4.79 Å². The van der Waals surface area contributed by atoms with E-state index in [-0.39, 0.29) is 5.91 Å². The molecule has 0 fully saturated rings. The Morgan fingerprint density at radius 2 is 1.92 bits per heavy atom. The summed E-state index contributed by atoms with van der Waals surface area (Å²) >= 11 is 0. The number of ether oxygens (including phenoxy) is 1. The minimum Gasteiger partial charge on any atom is -0.444 e. The van der Waals surface area contributed by atoms with Crippen LogP contribution in [-0.4, -0.2) is 34.1 Å². The summed E-state index contributed by atoms with van der Waals surface area (Å²) in [7, 11) is 0. The molecule has 3 N–H and O–H groups in total. The molecule has 0 unspecified atom stereocenters. The van der Waals surface area contributed by atoms with Crippen LogP contribution in [0.15, 0.2) is 36.7 Å². The molecule has 0 radical (unpaired) electrons. The zero-order valence-corrected chi connectivity index (χ0v) is 14.8. The van der Waals surface area contributed by atoms with Gasteiger partial charge in [-0.1, -0.05) is 0 Å². The highest BCUT2D eigenvalue weighted by molar-refractivity contribution is 5.90. The van der Waals surface area contributed by atoms with Crippen LogP contribution >= 0.6 is 0 Å². The summed E-state index contributed by atoms with van der Waals surface area (Å²) in [5.41, 5.74) is 1.15. The van der Waals surface area contributed by atoms with E-state index >= 15 is 0 Å². The number of H-pyrrole nitrogens is 1. The van der Waals surface area contributed by atoms with Gasteiger partial charge in [0.25, 0.3) is 0 Å². The molecule has 134 valence electrons. The first kappa shape index (κ1) is 18.5. The molecule has 7 heteroatoms. The van der Waals surface area contributed by atoms with Gasteiger partial charge in [0.15, 0.2) is 0 Å². The highest BCUT2D eigenvalue weighted by Crippen LogP contribution is 2.17. The van der Waals surface area contributed by atoms with E-state index in [0.29, 0.717) is 19.4 Å². The standard InChI is InChI=1S/C18H24N4O3/c1-18(2,3)25-17(24)21-10-4-5-15(23)22-14-8-6-13(7-9-14)16-19-11-12-20-16/h6-9,11-12H,4-5,10H2,1-3H3,(H,19,20)(H,21,24)(H,22,23). The molecule has 2 rings (SSSR count). The van der Waals surface area contributed by atoms with Crippen LogP contribution in [0.5, 0.6) is 0 Å². The van der Waals surface area contributed by atoms with Crippen molar-refractivity contribution < 1.29 is 14.3 Å². The fraction of sp³-hybridized carbons (Fsp3) is 0.389. The predicted octanol–water partition coefficient (Wildman–Crippen LogP) is 3.32. The average Bonchev–Trinajstić information content (AvgIpc) is 3.05. The molecule has 7 nitrogen and oxygen atoms in total. The molecule has 0 atom stereocenters. The zero-order chi connectivity index (χ0) is 18.3. The quantitative estimate of drug-likeness (QED) is 0.700. The average molecular weight is 344 g/mol. The molecule has 1 aromatic heterocycles. The minimum atomic E-state index is -0.525. The maximum atomic E-state index is 11.9. The van der Waals surface area contributed by atoms with Gasteiger partial charge in [0.05, 0.1) is 0 Å². The van der Waals surface area contributed by atoms with Crippen LogP contribution in [0, 0.1) is 0 Å². The Kier molecular flexibility index (Phi) is 6.16. The Labute approximate surface area is 147 Å². The third kappa shape index (κ3) is 6.66. The van der Waals surface area contributed by atoms with Crippen molar-refractivity contribution in [3.05, 3.63) is 36.7 Å². The van der Waals surface area contributed by atoms with Crippen molar-refractivity contribution >= 4 is 17.7 Å². The van der Waals surface area contributed by atoms with E-state index in [1.54, 1.807) is 33.2 Å². The number of aromatic nitrogens is 2. The number of imidazole rings is 1. The molecule has 0 aliphatic carbocycles. The largest absolute Gasteiger partial charge is 0.444 e.